The van der Waals surface area contributed by atoms with Crippen molar-refractivity contribution in [2.45, 2.75) is 12.0 Å². The Morgan fingerprint density at radius 2 is 1.93 bits per heavy atom. The highest BCUT2D eigenvalue weighted by atomic mass is 16.4. The third-order valence-corrected chi connectivity index (χ3v) is 2.07. The van der Waals surface area contributed by atoms with E-state index in [2.05, 4.69) is 0 Å². The van der Waals surface area contributed by atoms with Crippen LogP contribution in [0.25, 0.3) is 0 Å². The molecule has 1 atom stereocenters. The molecule has 0 aliphatic heterocycles. The van der Waals surface area contributed by atoms with Gasteiger partial charge in [-0.3, -0.25) is 4.79 Å². The summed E-state index contributed by atoms with van der Waals surface area (Å²) in [4.78, 5) is 10.8. The van der Waals surface area contributed by atoms with E-state index in [4.69, 9.17) is 15.9 Å². The molecule has 4 heteroatoms. The monoisotopic (exact) mass is 195 g/mol. The molecule has 0 aliphatic rings. The Morgan fingerprint density at radius 3 is 2.36 bits per heavy atom. The van der Waals surface area contributed by atoms with Crippen LogP contribution in [0.2, 0.25) is 0 Å². The van der Waals surface area contributed by atoms with Gasteiger partial charge in [0.05, 0.1) is 6.61 Å². The van der Waals surface area contributed by atoms with Crippen LogP contribution in [0.1, 0.15) is 5.56 Å². The average Bonchev–Trinajstić information content (AvgIpc) is 2.19. The molecule has 4 N–H and O–H groups in total. The van der Waals surface area contributed by atoms with Gasteiger partial charge in [-0.05, 0) is 5.56 Å². The van der Waals surface area contributed by atoms with Crippen molar-refractivity contribution in [3.8, 4) is 0 Å². The van der Waals surface area contributed by atoms with Crippen molar-refractivity contribution < 1.29 is 15.0 Å². The van der Waals surface area contributed by atoms with Gasteiger partial charge in [0.1, 0.15) is 5.54 Å². The van der Waals surface area contributed by atoms with E-state index in [0.717, 1.165) is 5.56 Å². The zero-order chi connectivity index (χ0) is 10.6. The summed E-state index contributed by atoms with van der Waals surface area (Å²) < 4.78 is 0. The van der Waals surface area contributed by atoms with E-state index in [1.54, 1.807) is 24.3 Å². The number of benzene rings is 1. The van der Waals surface area contributed by atoms with Crippen LogP contribution in [0.5, 0.6) is 0 Å². The number of aliphatic hydroxyl groups excluding tert-OH is 1. The number of carboxylic acids is 1. The molecule has 0 aromatic heterocycles. The Morgan fingerprint density at radius 1 is 1.36 bits per heavy atom. The highest BCUT2D eigenvalue weighted by molar-refractivity contribution is 5.79. The minimum Gasteiger partial charge on any atom is -0.480 e. The molecular formula is C10H13NO3. The van der Waals surface area contributed by atoms with E-state index >= 15 is 0 Å². The second-order valence-electron chi connectivity index (χ2n) is 3.28. The van der Waals surface area contributed by atoms with Gasteiger partial charge >= 0.3 is 5.97 Å². The Balaban J connectivity index is 2.81. The number of carboxylic acid groups (broad SMARTS) is 1. The van der Waals surface area contributed by atoms with E-state index in [1.807, 2.05) is 6.07 Å². The standard InChI is InChI=1S/C10H13NO3/c11-10(7-12,9(13)14)6-8-4-2-1-3-5-8/h1-5,12H,6-7,11H2,(H,13,14). The molecule has 0 saturated heterocycles. The number of rotatable bonds is 4. The Kier molecular flexibility index (Phi) is 3.22. The lowest BCUT2D eigenvalue weighted by atomic mass is 9.93. The first kappa shape index (κ1) is 10.7. The summed E-state index contributed by atoms with van der Waals surface area (Å²) in [5.74, 6) is -1.19. The van der Waals surface area contributed by atoms with Crippen molar-refractivity contribution in [1.29, 1.82) is 0 Å². The van der Waals surface area contributed by atoms with Crippen LogP contribution in [-0.4, -0.2) is 28.3 Å². The highest BCUT2D eigenvalue weighted by Crippen LogP contribution is 2.10. The third kappa shape index (κ3) is 2.31. The predicted octanol–water partition coefficient (Wildman–Crippen LogP) is 0.00350. The van der Waals surface area contributed by atoms with Crippen LogP contribution < -0.4 is 5.73 Å². The van der Waals surface area contributed by atoms with Gasteiger partial charge in [0.15, 0.2) is 0 Å². The average molecular weight is 195 g/mol. The number of hydrogen-bond donors (Lipinski definition) is 3. The molecule has 4 nitrogen and oxygen atoms in total. The van der Waals surface area contributed by atoms with E-state index < -0.39 is 18.1 Å². The van der Waals surface area contributed by atoms with Gasteiger partial charge in [-0.15, -0.1) is 0 Å². The van der Waals surface area contributed by atoms with E-state index in [0.29, 0.717) is 0 Å². The van der Waals surface area contributed by atoms with Crippen molar-refractivity contribution in [1.82, 2.24) is 0 Å². The molecule has 0 fully saturated rings. The molecule has 0 bridgehead atoms. The topological polar surface area (TPSA) is 83.5 Å². The second kappa shape index (κ2) is 4.21. The summed E-state index contributed by atoms with van der Waals surface area (Å²) in [7, 11) is 0. The lowest BCUT2D eigenvalue weighted by Crippen LogP contribution is -2.53. The molecule has 1 rings (SSSR count). The number of carbonyl (C=O) groups is 1. The minimum atomic E-state index is -1.58. The van der Waals surface area contributed by atoms with Crippen molar-refractivity contribution in [3.63, 3.8) is 0 Å². The lowest BCUT2D eigenvalue weighted by Gasteiger charge is -2.21. The van der Waals surface area contributed by atoms with Crippen LogP contribution >= 0.6 is 0 Å². The summed E-state index contributed by atoms with van der Waals surface area (Å²) in [5.41, 5.74) is 4.74. The normalized spacial score (nSPS) is 14.7. The van der Waals surface area contributed by atoms with E-state index in [1.165, 1.54) is 0 Å². The highest BCUT2D eigenvalue weighted by Gasteiger charge is 2.33. The molecule has 1 aromatic carbocycles. The fraction of sp³-hybridized carbons (Fsp3) is 0.300. The fourth-order valence-electron chi connectivity index (χ4n) is 1.16. The molecule has 0 radical (unpaired) electrons. The Labute approximate surface area is 82.0 Å². The van der Waals surface area contributed by atoms with Crippen molar-refractivity contribution in [2.75, 3.05) is 6.61 Å². The molecule has 14 heavy (non-hydrogen) atoms. The fourth-order valence-corrected chi connectivity index (χ4v) is 1.16. The third-order valence-electron chi connectivity index (χ3n) is 2.07. The zero-order valence-corrected chi connectivity index (χ0v) is 7.68. The summed E-state index contributed by atoms with van der Waals surface area (Å²) in [6.07, 6.45) is 0.125. The molecule has 76 valence electrons. The Hall–Kier alpha value is -1.39. The molecule has 0 amide bonds. The van der Waals surface area contributed by atoms with Gasteiger partial charge in [-0.1, -0.05) is 30.3 Å². The number of hydrogen-bond acceptors (Lipinski definition) is 3. The first-order valence-electron chi connectivity index (χ1n) is 4.25. The summed E-state index contributed by atoms with van der Waals surface area (Å²) >= 11 is 0. The van der Waals surface area contributed by atoms with E-state index in [9.17, 15) is 4.79 Å². The summed E-state index contributed by atoms with van der Waals surface area (Å²) in [6.45, 7) is -0.572. The maximum Gasteiger partial charge on any atom is 0.326 e. The molecule has 0 saturated carbocycles. The lowest BCUT2D eigenvalue weighted by molar-refractivity contribution is -0.144. The van der Waals surface area contributed by atoms with Crippen molar-refractivity contribution in [2.24, 2.45) is 5.73 Å². The van der Waals surface area contributed by atoms with Crippen molar-refractivity contribution >= 4 is 5.97 Å². The number of aliphatic carboxylic acids is 1. The largest absolute Gasteiger partial charge is 0.480 e. The number of nitrogens with two attached hydrogens (primary N) is 1. The van der Waals surface area contributed by atoms with Gasteiger partial charge in [-0.2, -0.15) is 0 Å². The van der Waals surface area contributed by atoms with Crippen LogP contribution in [0.4, 0.5) is 0 Å². The predicted molar refractivity (Wildman–Crippen MR) is 51.8 cm³/mol. The van der Waals surface area contributed by atoms with Crippen molar-refractivity contribution in [3.05, 3.63) is 35.9 Å². The molecule has 1 aromatic rings. The van der Waals surface area contributed by atoms with Gasteiger partial charge in [0.25, 0.3) is 0 Å². The molecule has 1 unspecified atom stereocenters. The smallest absolute Gasteiger partial charge is 0.326 e. The number of aliphatic hydroxyl groups is 1. The molecule has 0 heterocycles. The van der Waals surface area contributed by atoms with Crippen LogP contribution in [0, 0.1) is 0 Å². The maximum absolute atomic E-state index is 10.8. The Bertz CT molecular complexity index is 312. The molecule has 0 aliphatic carbocycles. The first-order chi connectivity index (χ1) is 6.58. The summed E-state index contributed by atoms with van der Waals surface area (Å²) in [6, 6.07) is 8.99. The zero-order valence-electron chi connectivity index (χ0n) is 7.68. The molecular weight excluding hydrogens is 182 g/mol. The minimum absolute atomic E-state index is 0.125. The van der Waals surface area contributed by atoms with Gasteiger partial charge in [0, 0.05) is 6.42 Å². The van der Waals surface area contributed by atoms with Crippen LogP contribution in [-0.2, 0) is 11.2 Å². The van der Waals surface area contributed by atoms with Gasteiger partial charge < -0.3 is 15.9 Å². The maximum atomic E-state index is 10.8. The van der Waals surface area contributed by atoms with Gasteiger partial charge in [0.2, 0.25) is 0 Å². The first-order valence-corrected chi connectivity index (χ1v) is 4.25. The summed E-state index contributed by atoms with van der Waals surface area (Å²) in [5, 5.41) is 17.7. The molecule has 0 spiro atoms. The van der Waals surface area contributed by atoms with E-state index in [-0.39, 0.29) is 6.42 Å². The quantitative estimate of drug-likeness (QED) is 0.631. The SMILES string of the molecule is NC(CO)(Cc1ccccc1)C(=O)O. The van der Waals surface area contributed by atoms with Crippen LogP contribution in [0.3, 0.4) is 0 Å². The second-order valence-corrected chi connectivity index (χ2v) is 3.28. The van der Waals surface area contributed by atoms with Gasteiger partial charge in [-0.25, -0.2) is 0 Å². The van der Waals surface area contributed by atoms with Crippen LogP contribution in [0.15, 0.2) is 30.3 Å².